The van der Waals surface area contributed by atoms with Crippen LogP contribution in [0.3, 0.4) is 0 Å². The molecule has 0 aromatic heterocycles. The molecule has 2 aliphatic carbocycles. The molecule has 198 valence electrons. The van der Waals surface area contributed by atoms with Crippen LogP contribution in [-0.2, 0) is 17.0 Å². The Hall–Kier alpha value is -1.75. The maximum absolute atomic E-state index is 5.02. The molecule has 6 rings (SSSR count). The van der Waals surface area contributed by atoms with E-state index in [9.17, 15) is 0 Å². The fraction of sp³-hybridized carbons (Fsp3) is 0.281. The quantitative estimate of drug-likeness (QED) is 0.218. The van der Waals surface area contributed by atoms with Gasteiger partial charge in [-0.3, -0.25) is 0 Å². The summed E-state index contributed by atoms with van der Waals surface area (Å²) in [5.74, 6) is 1.85. The van der Waals surface area contributed by atoms with Crippen molar-refractivity contribution in [1.29, 1.82) is 0 Å². The first-order valence-corrected chi connectivity index (χ1v) is 20.3. The van der Waals surface area contributed by atoms with E-state index in [0.717, 1.165) is 11.4 Å². The Kier molecular flexibility index (Phi) is 9.38. The van der Waals surface area contributed by atoms with Crippen molar-refractivity contribution in [2.75, 3.05) is 4.57 Å². The van der Waals surface area contributed by atoms with Crippen LogP contribution in [-0.4, -0.2) is 8.24 Å². The number of nitrogens with zero attached hydrogens (tertiary/aromatic N) is 2. The molecular formula is C32H36Cl2N2SiTi-2. The predicted molar refractivity (Wildman–Crippen MR) is 166 cm³/mol. The molecule has 6 heteroatoms. The monoisotopic (exact) mass is 594 g/mol. The zero-order chi connectivity index (χ0) is 26.2. The van der Waals surface area contributed by atoms with E-state index in [0.29, 0.717) is 23.3 Å². The SMILES string of the molecule is Cc1ccc(C2=CC=C[C@@H]3C([Si](C)(C)N4c5ccccc5[N-]c5ccccc54)[C@H](C)C[C@H]23)cc1.[CH3-].[Cl][Ti][Cl]. The number of benzene rings is 3. The summed E-state index contributed by atoms with van der Waals surface area (Å²) in [4.78, 5) is 0. The van der Waals surface area contributed by atoms with Crippen LogP contribution in [0.25, 0.3) is 10.9 Å². The summed E-state index contributed by atoms with van der Waals surface area (Å²) in [6.45, 7) is 9.86. The van der Waals surface area contributed by atoms with E-state index in [4.69, 9.17) is 23.9 Å². The second-order valence-corrected chi connectivity index (χ2v) is 17.9. The summed E-state index contributed by atoms with van der Waals surface area (Å²) in [5.41, 5.74) is 9.66. The third-order valence-electron chi connectivity index (χ3n) is 8.39. The Balaban J connectivity index is 0.000000804. The zero-order valence-corrected chi connectivity index (χ0v) is 26.9. The molecule has 0 radical (unpaired) electrons. The minimum absolute atomic E-state index is 0. The Morgan fingerprint density at radius 3 is 2.03 bits per heavy atom. The van der Waals surface area contributed by atoms with Crippen LogP contribution < -0.4 is 4.57 Å². The molecule has 4 atom stereocenters. The van der Waals surface area contributed by atoms with Crippen LogP contribution in [0.15, 0.2) is 91.0 Å². The van der Waals surface area contributed by atoms with E-state index >= 15 is 0 Å². The first-order valence-electron chi connectivity index (χ1n) is 13.0. The van der Waals surface area contributed by atoms with Gasteiger partial charge in [-0.25, -0.2) is 0 Å². The topological polar surface area (TPSA) is 17.3 Å². The van der Waals surface area contributed by atoms with Crippen LogP contribution in [0.2, 0.25) is 18.6 Å². The molecule has 3 aromatic rings. The van der Waals surface area contributed by atoms with Gasteiger partial charge in [-0.15, -0.1) is 11.4 Å². The van der Waals surface area contributed by atoms with Crippen molar-refractivity contribution in [2.45, 2.75) is 38.9 Å². The Morgan fingerprint density at radius 1 is 0.895 bits per heavy atom. The van der Waals surface area contributed by atoms with Gasteiger partial charge in [-0.1, -0.05) is 104 Å². The number of rotatable bonds is 3. The number of para-hydroxylation sites is 4. The average molecular weight is 596 g/mol. The average Bonchev–Trinajstić information content (AvgIpc) is 3.24. The van der Waals surface area contributed by atoms with Gasteiger partial charge in [0.25, 0.3) is 0 Å². The molecule has 1 aliphatic heterocycles. The molecule has 1 saturated carbocycles. The third-order valence-corrected chi connectivity index (χ3v) is 12.6. The standard InChI is InChI=1S/C31H33N2Si.CH3.2ClH.Ti/c1-21-16-18-23(19-17-21)24-10-9-11-25-26(24)20-22(2)31(25)34(3,4)33-29-14-7-5-12-27(29)32-28-13-6-8-15-30(28)33;;;;/h5-19,22,25-26,31H,20H2,1-4H3;1H3;2*1H;/q2*-1;;;+2/p-2/t22-,25+,26-,31?;;;;/m1..../s1. The van der Waals surface area contributed by atoms with Gasteiger partial charge in [0.2, 0.25) is 0 Å². The third kappa shape index (κ3) is 5.34. The summed E-state index contributed by atoms with van der Waals surface area (Å²) >= 11 is -0.556. The van der Waals surface area contributed by atoms with E-state index in [1.165, 1.54) is 34.5 Å². The maximum atomic E-state index is 5.02. The Labute approximate surface area is 246 Å². The van der Waals surface area contributed by atoms with Gasteiger partial charge in [-0.2, -0.15) is 0 Å². The molecule has 2 nitrogen and oxygen atoms in total. The van der Waals surface area contributed by atoms with Crippen molar-refractivity contribution in [2.24, 2.45) is 17.8 Å². The number of allylic oxidation sites excluding steroid dienone is 4. The molecule has 1 heterocycles. The van der Waals surface area contributed by atoms with E-state index in [-0.39, 0.29) is 7.43 Å². The fourth-order valence-corrected chi connectivity index (χ4v) is 11.8. The molecule has 0 spiro atoms. The van der Waals surface area contributed by atoms with E-state index in [1.807, 2.05) is 0 Å². The van der Waals surface area contributed by atoms with Gasteiger partial charge in [0.15, 0.2) is 8.24 Å². The van der Waals surface area contributed by atoms with Crippen LogP contribution in [0, 0.1) is 32.1 Å². The molecule has 0 N–H and O–H groups in total. The molecule has 0 saturated heterocycles. The van der Waals surface area contributed by atoms with Crippen LogP contribution in [0.4, 0.5) is 22.7 Å². The molecule has 1 fully saturated rings. The van der Waals surface area contributed by atoms with Crippen molar-refractivity contribution in [3.05, 3.63) is 115 Å². The van der Waals surface area contributed by atoms with Crippen LogP contribution >= 0.6 is 18.6 Å². The molecule has 3 aliphatic rings. The number of hydrogen-bond acceptors (Lipinski definition) is 1. The summed E-state index contributed by atoms with van der Waals surface area (Å²) in [7, 11) is 7.79. The second kappa shape index (κ2) is 12.2. The minimum atomic E-state index is -1.99. The molecule has 38 heavy (non-hydrogen) atoms. The van der Waals surface area contributed by atoms with E-state index in [1.54, 1.807) is 0 Å². The first-order chi connectivity index (χ1) is 17.9. The van der Waals surface area contributed by atoms with E-state index in [2.05, 4.69) is 123 Å². The molecule has 0 bridgehead atoms. The number of halogens is 2. The van der Waals surface area contributed by atoms with Crippen LogP contribution in [0.1, 0.15) is 24.5 Å². The summed E-state index contributed by atoms with van der Waals surface area (Å²) < 4.78 is 2.73. The van der Waals surface area contributed by atoms with Gasteiger partial charge >= 0.3 is 35.6 Å². The van der Waals surface area contributed by atoms with Crippen molar-refractivity contribution in [1.82, 2.24) is 0 Å². The molecule has 1 unspecified atom stereocenters. The number of anilines is 2. The van der Waals surface area contributed by atoms with E-state index < -0.39 is 25.3 Å². The predicted octanol–water partition coefficient (Wildman–Crippen LogP) is 11.1. The Bertz CT molecular complexity index is 1280. The van der Waals surface area contributed by atoms with Gasteiger partial charge in [-0.05, 0) is 59.9 Å². The van der Waals surface area contributed by atoms with Crippen molar-refractivity contribution in [3.63, 3.8) is 0 Å². The molecule has 3 aromatic carbocycles. The van der Waals surface area contributed by atoms with Crippen molar-refractivity contribution >= 4 is 55.2 Å². The van der Waals surface area contributed by atoms with Gasteiger partial charge in [0.1, 0.15) is 0 Å². The molecule has 0 amide bonds. The van der Waals surface area contributed by atoms with Crippen LogP contribution in [0.5, 0.6) is 0 Å². The normalized spacial score (nSPS) is 22.9. The molecular weight excluding hydrogens is 559 g/mol. The zero-order valence-electron chi connectivity index (χ0n) is 22.8. The van der Waals surface area contributed by atoms with Crippen molar-refractivity contribution in [3.8, 4) is 0 Å². The van der Waals surface area contributed by atoms with Crippen molar-refractivity contribution < 1.29 is 17.0 Å². The fourth-order valence-electron chi connectivity index (χ4n) is 7.08. The number of hydrogen-bond donors (Lipinski definition) is 0. The Morgan fingerprint density at radius 2 is 1.45 bits per heavy atom. The summed E-state index contributed by atoms with van der Waals surface area (Å²) in [5, 5.41) is 5.02. The summed E-state index contributed by atoms with van der Waals surface area (Å²) in [6.07, 6.45) is 8.49. The summed E-state index contributed by atoms with van der Waals surface area (Å²) in [6, 6.07) is 26.6. The van der Waals surface area contributed by atoms with Gasteiger partial charge in [0.05, 0.1) is 0 Å². The second-order valence-electron chi connectivity index (χ2n) is 10.9. The van der Waals surface area contributed by atoms with Gasteiger partial charge < -0.3 is 17.3 Å². The first kappa shape index (κ1) is 29.2. The number of fused-ring (bicyclic) bond motifs is 3. The van der Waals surface area contributed by atoms with Gasteiger partial charge in [0, 0.05) is 11.4 Å². The number of aryl methyl sites for hydroxylation is 1.